The van der Waals surface area contributed by atoms with E-state index in [1.54, 1.807) is 0 Å². The molecule has 0 aromatic carbocycles. The molecule has 0 spiro atoms. The van der Waals surface area contributed by atoms with Crippen molar-refractivity contribution in [1.82, 2.24) is 0 Å². The van der Waals surface area contributed by atoms with Crippen LogP contribution in [0, 0.1) is 0 Å². The van der Waals surface area contributed by atoms with Gasteiger partial charge in [0, 0.05) is 0 Å². The van der Waals surface area contributed by atoms with Gasteiger partial charge in [0.05, 0.1) is 0 Å². The van der Waals surface area contributed by atoms with Gasteiger partial charge < -0.3 is 0 Å². The van der Waals surface area contributed by atoms with E-state index in [1.165, 1.54) is 0 Å². The van der Waals surface area contributed by atoms with Gasteiger partial charge in [-0.05, 0) is 0 Å². The molecule has 29 valence electrons. The first-order valence-electron chi connectivity index (χ1n) is 1.51. The molecule has 0 unspecified atom stereocenters. The Bertz CT molecular complexity index is 19.1. The van der Waals surface area contributed by atoms with Crippen LogP contribution in [0.5, 0.6) is 0 Å². The van der Waals surface area contributed by atoms with E-state index in [0.717, 1.165) is 0 Å². The third-order valence-corrected chi connectivity index (χ3v) is 0. The summed E-state index contributed by atoms with van der Waals surface area (Å²) in [7, 11) is 0. The van der Waals surface area contributed by atoms with Gasteiger partial charge >= 0.3 is 44.6 Å². The summed E-state index contributed by atoms with van der Waals surface area (Å²) in [6.45, 7) is 0. The molecule has 0 heterocycles. The zero-order chi connectivity index (χ0) is 4.50. The molecule has 0 aromatic heterocycles. The van der Waals surface area contributed by atoms with E-state index in [1.807, 2.05) is 0 Å². The average Bonchev–Trinajstić information content (AvgIpc) is 0.722. The van der Waals surface area contributed by atoms with Gasteiger partial charge in [-0.3, -0.25) is 0 Å². The topological polar surface area (TPSA) is 0 Å². The molecular weight excluding hydrogens is 115 g/mol. The molecule has 0 rings (SSSR count). The number of halogens is 4. The maximum atomic E-state index is 9.92. The second-order valence-electron chi connectivity index (χ2n) is 0.857. The molecule has 0 bridgehead atoms. The summed E-state index contributed by atoms with van der Waals surface area (Å²) in [5.41, 5.74) is 0. The summed E-state index contributed by atoms with van der Waals surface area (Å²) in [5.74, 6) is 0. The Labute approximate surface area is 43.6 Å². The predicted molar refractivity (Wildman–Crippen MR) is 10.2 cm³/mol. The molecule has 0 saturated heterocycles. The van der Waals surface area contributed by atoms with Crippen LogP contribution in [0.25, 0.3) is 0 Å². The molecular formula is F4K. The van der Waals surface area contributed by atoms with Crippen molar-refractivity contribution in [2.24, 2.45) is 0 Å². The van der Waals surface area contributed by atoms with Crippen LogP contribution in [-0.4, -0.2) is 45.5 Å². The van der Waals surface area contributed by atoms with Crippen molar-refractivity contribution in [1.29, 1.82) is 0 Å². The van der Waals surface area contributed by atoms with Crippen LogP contribution in [0.15, 0.2) is 0 Å². The van der Waals surface area contributed by atoms with Gasteiger partial charge in [-0.15, -0.1) is 0 Å². The summed E-state index contributed by atoms with van der Waals surface area (Å²) >= 11 is -7.38. The molecule has 0 aliphatic heterocycles. The standard InChI is InChI=1S/4FH.K/h4*1H;/q;;;;+4/p-4. The number of rotatable bonds is 0. The van der Waals surface area contributed by atoms with E-state index < -0.39 is 45.5 Å². The van der Waals surface area contributed by atoms with E-state index in [4.69, 9.17) is 0 Å². The molecule has 0 fully saturated rings. The monoisotopic (exact) mass is 115 g/mol. The third-order valence-electron chi connectivity index (χ3n) is 0. The zero-order valence-electron chi connectivity index (χ0n) is 2.51. The van der Waals surface area contributed by atoms with E-state index in [9.17, 15) is -0.842 Å². The first-order valence-corrected chi connectivity index (χ1v) is 6.23. The van der Waals surface area contributed by atoms with Crippen LogP contribution in [0.1, 0.15) is 0 Å². The van der Waals surface area contributed by atoms with E-state index in [0.29, 0.717) is 0 Å². The molecule has 3 radical (unpaired) electrons. The maximum absolute atomic E-state index is 9.92. The number of hydrogen-bond acceptors (Lipinski definition) is 0. The fourth-order valence-electron chi connectivity index (χ4n) is 0. The molecule has 0 aliphatic carbocycles. The Morgan fingerprint density at radius 1 is 0.800 bits per heavy atom. The van der Waals surface area contributed by atoms with E-state index in [2.05, 4.69) is 0 Å². The van der Waals surface area contributed by atoms with Crippen LogP contribution < -0.4 is 0 Å². The first kappa shape index (κ1) is 6.36. The zero-order valence-corrected chi connectivity index (χ0v) is 5.63. The Kier molecular flexibility index (Phi) is 2.39. The molecule has 0 atom stereocenters. The molecule has 0 amide bonds. The third kappa shape index (κ3) is 32.8. The minimum absolute atomic E-state index is 7.38. The predicted octanol–water partition coefficient (Wildman–Crippen LogP) is 1.30. The van der Waals surface area contributed by atoms with Gasteiger partial charge in [-0.1, -0.05) is 0 Å². The Morgan fingerprint density at radius 2 is 0.800 bits per heavy atom. The van der Waals surface area contributed by atoms with Crippen molar-refractivity contribution in [3.05, 3.63) is 0 Å². The fourth-order valence-corrected chi connectivity index (χ4v) is 0. The minimum atomic E-state index is -7.38. The normalized spacial score (nSPS) is 12.0. The molecule has 0 saturated carbocycles. The Morgan fingerprint density at radius 3 is 0.800 bits per heavy atom. The molecule has 0 aliphatic rings. The second kappa shape index (κ2) is 1.88. The molecule has 5 heteroatoms. The molecule has 5 heavy (non-hydrogen) atoms. The summed E-state index contributed by atoms with van der Waals surface area (Å²) in [6.07, 6.45) is 0. The SMILES string of the molecule is [F][K]([F])([F])[F]. The molecule has 0 aromatic rings. The number of hydrogen-bond donors (Lipinski definition) is 0. The fraction of sp³-hybridized carbons (Fsp3) is 0. The Hall–Kier alpha value is 1.36. The first-order chi connectivity index (χ1) is 2.00. The molecule has 0 nitrogen and oxygen atoms in total. The summed E-state index contributed by atoms with van der Waals surface area (Å²) in [6, 6.07) is 0. The van der Waals surface area contributed by atoms with Gasteiger partial charge in [0.1, 0.15) is 0 Å². The van der Waals surface area contributed by atoms with E-state index >= 15 is 0 Å². The average molecular weight is 115 g/mol. The summed E-state index contributed by atoms with van der Waals surface area (Å²) < 4.78 is 39.7. The van der Waals surface area contributed by atoms with Crippen LogP contribution >= 0.6 is 0 Å². The second-order valence-corrected chi connectivity index (χ2v) is 3.53. The van der Waals surface area contributed by atoms with Gasteiger partial charge in [-0.25, -0.2) is 0 Å². The van der Waals surface area contributed by atoms with Crippen molar-refractivity contribution in [2.75, 3.05) is 0 Å². The molecule has 0 N–H and O–H groups in total. The quantitative estimate of drug-likeness (QED) is 0.329. The van der Waals surface area contributed by atoms with Crippen LogP contribution in [0.2, 0.25) is 0 Å². The van der Waals surface area contributed by atoms with Gasteiger partial charge in [0.25, 0.3) is 0 Å². The van der Waals surface area contributed by atoms with Gasteiger partial charge in [0.15, 0.2) is 0 Å². The van der Waals surface area contributed by atoms with Crippen LogP contribution in [0.4, 0.5) is -0.842 Å². The van der Waals surface area contributed by atoms with Crippen molar-refractivity contribution in [2.45, 2.75) is 0 Å². The summed E-state index contributed by atoms with van der Waals surface area (Å²) in [5, 5.41) is 0. The van der Waals surface area contributed by atoms with Crippen LogP contribution in [-0.2, 0) is 0 Å². The van der Waals surface area contributed by atoms with Crippen molar-refractivity contribution in [3.63, 3.8) is 0 Å². The summed E-state index contributed by atoms with van der Waals surface area (Å²) in [4.78, 5) is 0. The van der Waals surface area contributed by atoms with Crippen molar-refractivity contribution >= 4 is 45.5 Å². The van der Waals surface area contributed by atoms with Gasteiger partial charge in [0.2, 0.25) is 0 Å². The van der Waals surface area contributed by atoms with Crippen molar-refractivity contribution < 1.29 is -0.842 Å². The van der Waals surface area contributed by atoms with Crippen LogP contribution in [0.3, 0.4) is 0 Å². The Balaban J connectivity index is 3.02. The van der Waals surface area contributed by atoms with E-state index in [-0.39, 0.29) is 0 Å². The van der Waals surface area contributed by atoms with Gasteiger partial charge in [-0.2, -0.15) is 0 Å². The van der Waals surface area contributed by atoms with Crippen molar-refractivity contribution in [3.8, 4) is 0 Å².